The summed E-state index contributed by atoms with van der Waals surface area (Å²) in [5.74, 6) is -0.876. The second kappa shape index (κ2) is 8.43. The van der Waals surface area contributed by atoms with Crippen molar-refractivity contribution in [1.29, 1.82) is 0 Å². The molecule has 0 spiro atoms. The van der Waals surface area contributed by atoms with Crippen LogP contribution in [0.2, 0.25) is 0 Å². The number of nitro benzene ring substituents is 1. The van der Waals surface area contributed by atoms with Crippen molar-refractivity contribution in [2.45, 2.75) is 40.0 Å². The van der Waals surface area contributed by atoms with Gasteiger partial charge in [-0.1, -0.05) is 38.1 Å². The first-order chi connectivity index (χ1) is 13.8. The molecule has 0 unspecified atom stereocenters. The van der Waals surface area contributed by atoms with Gasteiger partial charge in [-0.3, -0.25) is 19.7 Å². The molecule has 1 N–H and O–H groups in total. The summed E-state index contributed by atoms with van der Waals surface area (Å²) in [4.78, 5) is 37.8. The highest BCUT2D eigenvalue weighted by Gasteiger charge is 2.36. The largest absolute Gasteiger partial charge is 0.326 e. The van der Waals surface area contributed by atoms with E-state index in [-0.39, 0.29) is 23.9 Å². The van der Waals surface area contributed by atoms with E-state index in [9.17, 15) is 19.7 Å². The lowest BCUT2D eigenvalue weighted by Crippen LogP contribution is -2.29. The van der Waals surface area contributed by atoms with Crippen LogP contribution >= 0.6 is 0 Å². The van der Waals surface area contributed by atoms with Crippen LogP contribution in [0.5, 0.6) is 0 Å². The molecule has 29 heavy (non-hydrogen) atoms. The van der Waals surface area contributed by atoms with Crippen molar-refractivity contribution in [1.82, 2.24) is 0 Å². The normalized spacial score (nSPS) is 16.2. The van der Waals surface area contributed by atoms with E-state index in [1.807, 2.05) is 32.0 Å². The Labute approximate surface area is 169 Å². The van der Waals surface area contributed by atoms with E-state index in [2.05, 4.69) is 5.32 Å². The van der Waals surface area contributed by atoms with E-state index in [1.165, 1.54) is 6.07 Å². The molecule has 1 saturated heterocycles. The maximum atomic E-state index is 12.8. The third kappa shape index (κ3) is 4.13. The van der Waals surface area contributed by atoms with Crippen LogP contribution < -0.4 is 10.2 Å². The Balaban J connectivity index is 1.80. The molecule has 2 aromatic rings. The zero-order valence-corrected chi connectivity index (χ0v) is 16.9. The lowest BCUT2D eigenvalue weighted by atomic mass is 10.0. The Morgan fingerprint density at radius 2 is 1.86 bits per heavy atom. The number of rotatable bonds is 6. The van der Waals surface area contributed by atoms with Crippen molar-refractivity contribution in [3.05, 3.63) is 63.2 Å². The van der Waals surface area contributed by atoms with Gasteiger partial charge in [-0.2, -0.15) is 0 Å². The smallest absolute Gasteiger partial charge is 0.274 e. The fourth-order valence-electron chi connectivity index (χ4n) is 3.79. The van der Waals surface area contributed by atoms with Crippen LogP contribution in [0, 0.1) is 23.0 Å². The predicted octanol–water partition coefficient (Wildman–Crippen LogP) is 4.02. The summed E-state index contributed by atoms with van der Waals surface area (Å²) in [6.45, 7) is 6.05. The highest BCUT2D eigenvalue weighted by molar-refractivity contribution is 6.04. The number of para-hydroxylation sites is 1. The maximum absolute atomic E-state index is 12.8. The minimum Gasteiger partial charge on any atom is -0.326 e. The molecule has 0 bridgehead atoms. The average Bonchev–Trinajstić information content (AvgIpc) is 3.09. The fraction of sp³-hybridized carbons (Fsp3) is 0.364. The average molecular weight is 395 g/mol. The molecule has 7 nitrogen and oxygen atoms in total. The number of hydrogen-bond acceptors (Lipinski definition) is 4. The molecule has 0 aliphatic carbocycles. The van der Waals surface area contributed by atoms with Crippen LogP contribution in [0.1, 0.15) is 37.0 Å². The summed E-state index contributed by atoms with van der Waals surface area (Å²) in [5, 5.41) is 13.9. The molecule has 1 aliphatic heterocycles. The van der Waals surface area contributed by atoms with Crippen molar-refractivity contribution >= 4 is 28.9 Å². The number of carbonyl (C=O) groups excluding carboxylic acids is 2. The Hall–Kier alpha value is -3.22. The van der Waals surface area contributed by atoms with Crippen LogP contribution in [0.25, 0.3) is 0 Å². The van der Waals surface area contributed by atoms with Gasteiger partial charge in [0.2, 0.25) is 11.8 Å². The Morgan fingerprint density at radius 3 is 2.45 bits per heavy atom. The minimum atomic E-state index is -0.502. The second-order valence-electron chi connectivity index (χ2n) is 7.28. The molecule has 2 amide bonds. The SMILES string of the molecule is CCc1cccc(CC)c1N1C[C@H](C(=O)Nc2ccc(C)c([N+](=O)[O-])c2)CC1=O. The summed E-state index contributed by atoms with van der Waals surface area (Å²) in [5.41, 5.74) is 3.95. The monoisotopic (exact) mass is 395 g/mol. The number of anilines is 2. The molecule has 0 radical (unpaired) electrons. The topological polar surface area (TPSA) is 92.6 Å². The molecule has 1 fully saturated rings. The second-order valence-corrected chi connectivity index (χ2v) is 7.28. The van der Waals surface area contributed by atoms with E-state index >= 15 is 0 Å². The number of nitro groups is 1. The molecule has 1 atom stereocenters. The van der Waals surface area contributed by atoms with Crippen molar-refractivity contribution in [2.24, 2.45) is 5.92 Å². The molecule has 152 valence electrons. The molecule has 3 rings (SSSR count). The van der Waals surface area contributed by atoms with Gasteiger partial charge in [0.05, 0.1) is 10.8 Å². The molecule has 7 heteroatoms. The number of aryl methyl sites for hydroxylation is 3. The van der Waals surface area contributed by atoms with Gasteiger partial charge in [-0.05, 0) is 37.0 Å². The van der Waals surface area contributed by atoms with Crippen LogP contribution in [0.3, 0.4) is 0 Å². The van der Waals surface area contributed by atoms with Crippen molar-refractivity contribution in [2.75, 3.05) is 16.8 Å². The quantitative estimate of drug-likeness (QED) is 0.591. The summed E-state index contributed by atoms with van der Waals surface area (Å²) >= 11 is 0. The fourth-order valence-corrected chi connectivity index (χ4v) is 3.79. The number of nitrogens with one attached hydrogen (secondary N) is 1. The Kier molecular flexibility index (Phi) is 5.96. The molecule has 1 heterocycles. The van der Waals surface area contributed by atoms with E-state index in [0.717, 1.165) is 29.7 Å². The van der Waals surface area contributed by atoms with Gasteiger partial charge in [0, 0.05) is 36.0 Å². The molecule has 0 aromatic heterocycles. The molecule has 0 saturated carbocycles. The zero-order chi connectivity index (χ0) is 21.1. The maximum Gasteiger partial charge on any atom is 0.274 e. The van der Waals surface area contributed by atoms with E-state index < -0.39 is 10.8 Å². The van der Waals surface area contributed by atoms with Crippen LogP contribution in [0.15, 0.2) is 36.4 Å². The third-order valence-electron chi connectivity index (χ3n) is 5.40. The number of carbonyl (C=O) groups is 2. The molecular formula is C22H25N3O4. The van der Waals surface area contributed by atoms with Gasteiger partial charge in [-0.25, -0.2) is 0 Å². The van der Waals surface area contributed by atoms with Crippen molar-refractivity contribution < 1.29 is 14.5 Å². The van der Waals surface area contributed by atoms with Gasteiger partial charge in [0.15, 0.2) is 0 Å². The van der Waals surface area contributed by atoms with Crippen LogP contribution in [-0.2, 0) is 22.4 Å². The van der Waals surface area contributed by atoms with Gasteiger partial charge >= 0.3 is 0 Å². The first-order valence-corrected chi connectivity index (χ1v) is 9.82. The first kappa shape index (κ1) is 20.5. The first-order valence-electron chi connectivity index (χ1n) is 9.82. The summed E-state index contributed by atoms with van der Waals surface area (Å²) in [7, 11) is 0. The van der Waals surface area contributed by atoms with E-state index in [0.29, 0.717) is 17.8 Å². The number of benzene rings is 2. The number of amides is 2. The van der Waals surface area contributed by atoms with E-state index in [4.69, 9.17) is 0 Å². The van der Waals surface area contributed by atoms with Crippen molar-refractivity contribution in [3.8, 4) is 0 Å². The molecule has 1 aliphatic rings. The van der Waals surface area contributed by atoms with Gasteiger partial charge < -0.3 is 10.2 Å². The molecule has 2 aromatic carbocycles. The number of nitrogens with zero attached hydrogens (tertiary/aromatic N) is 2. The van der Waals surface area contributed by atoms with Crippen LogP contribution in [-0.4, -0.2) is 23.3 Å². The summed E-state index contributed by atoms with van der Waals surface area (Å²) in [6.07, 6.45) is 1.73. The lowest BCUT2D eigenvalue weighted by molar-refractivity contribution is -0.385. The van der Waals surface area contributed by atoms with Crippen LogP contribution in [0.4, 0.5) is 17.1 Å². The van der Waals surface area contributed by atoms with Gasteiger partial charge in [0.1, 0.15) is 0 Å². The zero-order valence-electron chi connectivity index (χ0n) is 16.9. The van der Waals surface area contributed by atoms with Gasteiger partial charge in [-0.15, -0.1) is 0 Å². The predicted molar refractivity (Wildman–Crippen MR) is 112 cm³/mol. The van der Waals surface area contributed by atoms with Gasteiger partial charge in [0.25, 0.3) is 5.69 Å². The number of hydrogen-bond donors (Lipinski definition) is 1. The summed E-state index contributed by atoms with van der Waals surface area (Å²) < 4.78 is 0. The molecular weight excluding hydrogens is 370 g/mol. The minimum absolute atomic E-state index is 0.0450. The highest BCUT2D eigenvalue weighted by atomic mass is 16.6. The Bertz CT molecular complexity index is 948. The third-order valence-corrected chi connectivity index (χ3v) is 5.40. The summed E-state index contributed by atoms with van der Waals surface area (Å²) in [6, 6.07) is 10.6. The highest BCUT2D eigenvalue weighted by Crippen LogP contribution is 2.33. The standard InChI is InChI=1S/C22H25N3O4/c1-4-15-7-6-8-16(5-2)21(15)24-13-17(11-20(24)26)22(27)23-18-10-9-14(3)19(12-18)25(28)29/h6-10,12,17H,4-5,11,13H2,1-3H3,(H,23,27)/t17-/m1/s1. The van der Waals surface area contributed by atoms with Crippen molar-refractivity contribution in [3.63, 3.8) is 0 Å². The Morgan fingerprint density at radius 1 is 1.21 bits per heavy atom. The van der Waals surface area contributed by atoms with E-state index in [1.54, 1.807) is 24.0 Å². The lowest BCUT2D eigenvalue weighted by Gasteiger charge is -2.23.